The molecule has 62 valence electrons. The molecule has 11 heavy (non-hydrogen) atoms. The second-order valence-corrected chi connectivity index (χ2v) is 2.74. The van der Waals surface area contributed by atoms with Crippen molar-refractivity contribution in [3.8, 4) is 0 Å². The van der Waals surface area contributed by atoms with Crippen LogP contribution < -0.4 is 0 Å². The molecular formula is C8H13NO2. The van der Waals surface area contributed by atoms with E-state index in [1.54, 1.807) is 18.0 Å². The van der Waals surface area contributed by atoms with E-state index < -0.39 is 0 Å². The van der Waals surface area contributed by atoms with Crippen LogP contribution in [-0.4, -0.2) is 35.6 Å². The fourth-order valence-electron chi connectivity index (χ4n) is 1.19. The van der Waals surface area contributed by atoms with Crippen molar-refractivity contribution in [1.29, 1.82) is 0 Å². The van der Waals surface area contributed by atoms with Crippen molar-refractivity contribution in [1.82, 2.24) is 4.90 Å². The summed E-state index contributed by atoms with van der Waals surface area (Å²) >= 11 is 0. The van der Waals surface area contributed by atoms with Crippen molar-refractivity contribution in [3.63, 3.8) is 0 Å². The molecule has 3 nitrogen and oxygen atoms in total. The lowest BCUT2D eigenvalue weighted by atomic mass is 10.1. The number of hydrogen-bond donors (Lipinski definition) is 1. The number of carbonyl (C=O) groups is 1. The standard InChI is InChI=1S/C8H13NO2/c1-9-7(3-2-6-10)4-5-8(9)11/h4-5,7,10H,2-3,6H2,1H3. The van der Waals surface area contributed by atoms with Gasteiger partial charge in [0.2, 0.25) is 5.91 Å². The van der Waals surface area contributed by atoms with E-state index in [2.05, 4.69) is 0 Å². The van der Waals surface area contributed by atoms with Crippen molar-refractivity contribution in [2.75, 3.05) is 13.7 Å². The monoisotopic (exact) mass is 155 g/mol. The van der Waals surface area contributed by atoms with Gasteiger partial charge >= 0.3 is 0 Å². The lowest BCUT2D eigenvalue weighted by molar-refractivity contribution is -0.124. The third-order valence-corrected chi connectivity index (χ3v) is 1.96. The molecule has 3 heteroatoms. The molecule has 0 aromatic rings. The molecule has 1 amide bonds. The van der Waals surface area contributed by atoms with Gasteiger partial charge in [-0.1, -0.05) is 6.08 Å². The summed E-state index contributed by atoms with van der Waals surface area (Å²) in [5.74, 6) is 0.0629. The van der Waals surface area contributed by atoms with Gasteiger partial charge in [-0.2, -0.15) is 0 Å². The Kier molecular flexibility index (Phi) is 2.65. The zero-order valence-electron chi connectivity index (χ0n) is 6.66. The van der Waals surface area contributed by atoms with Crippen LogP contribution in [0, 0.1) is 0 Å². The van der Waals surface area contributed by atoms with Gasteiger partial charge in [-0.05, 0) is 12.8 Å². The number of nitrogens with zero attached hydrogens (tertiary/aromatic N) is 1. The van der Waals surface area contributed by atoms with Gasteiger partial charge in [0.15, 0.2) is 0 Å². The highest BCUT2D eigenvalue weighted by atomic mass is 16.3. The molecule has 1 heterocycles. The van der Waals surface area contributed by atoms with Crippen molar-refractivity contribution >= 4 is 5.91 Å². The highest BCUT2D eigenvalue weighted by molar-refractivity contribution is 5.90. The maximum atomic E-state index is 10.9. The van der Waals surface area contributed by atoms with E-state index in [-0.39, 0.29) is 18.6 Å². The predicted octanol–water partition coefficient (Wildman–Crippen LogP) is 0.156. The number of hydrogen-bond acceptors (Lipinski definition) is 2. The third kappa shape index (κ3) is 1.80. The molecule has 1 rings (SSSR count). The van der Waals surface area contributed by atoms with Crippen LogP contribution in [0.25, 0.3) is 0 Å². The maximum absolute atomic E-state index is 10.9. The van der Waals surface area contributed by atoms with Gasteiger partial charge < -0.3 is 10.0 Å². The first-order chi connectivity index (χ1) is 5.25. The van der Waals surface area contributed by atoms with E-state index in [1.165, 1.54) is 0 Å². The second kappa shape index (κ2) is 3.53. The Hall–Kier alpha value is -0.830. The molecule has 1 atom stereocenters. The Morgan fingerprint density at radius 2 is 2.45 bits per heavy atom. The summed E-state index contributed by atoms with van der Waals surface area (Å²) in [7, 11) is 1.78. The van der Waals surface area contributed by atoms with Crippen molar-refractivity contribution in [3.05, 3.63) is 12.2 Å². The van der Waals surface area contributed by atoms with Crippen LogP contribution in [-0.2, 0) is 4.79 Å². The molecule has 1 unspecified atom stereocenters. The molecule has 0 spiro atoms. The average molecular weight is 155 g/mol. The second-order valence-electron chi connectivity index (χ2n) is 2.74. The SMILES string of the molecule is CN1C(=O)C=CC1CCCO. The Bertz CT molecular complexity index is 177. The third-order valence-electron chi connectivity index (χ3n) is 1.96. The molecule has 0 aromatic heterocycles. The quantitative estimate of drug-likeness (QED) is 0.630. The fraction of sp³-hybridized carbons (Fsp3) is 0.625. The minimum atomic E-state index is 0.0629. The summed E-state index contributed by atoms with van der Waals surface area (Å²) in [6.07, 6.45) is 5.09. The summed E-state index contributed by atoms with van der Waals surface area (Å²) in [5.41, 5.74) is 0. The van der Waals surface area contributed by atoms with Gasteiger partial charge in [-0.3, -0.25) is 4.79 Å². The lowest BCUT2D eigenvalue weighted by Gasteiger charge is -2.18. The molecule has 1 N–H and O–H groups in total. The summed E-state index contributed by atoms with van der Waals surface area (Å²) in [6.45, 7) is 0.201. The molecule has 0 fully saturated rings. The Morgan fingerprint density at radius 3 is 2.91 bits per heavy atom. The van der Waals surface area contributed by atoms with Gasteiger partial charge in [0, 0.05) is 19.7 Å². The van der Waals surface area contributed by atoms with Crippen molar-refractivity contribution in [2.45, 2.75) is 18.9 Å². The zero-order valence-corrected chi connectivity index (χ0v) is 6.66. The summed E-state index contributed by atoms with van der Waals surface area (Å²) < 4.78 is 0. The van der Waals surface area contributed by atoms with E-state index in [4.69, 9.17) is 5.11 Å². The van der Waals surface area contributed by atoms with E-state index in [0.717, 1.165) is 12.8 Å². The molecule has 0 radical (unpaired) electrons. The van der Waals surface area contributed by atoms with Gasteiger partial charge in [-0.25, -0.2) is 0 Å². The number of amides is 1. The van der Waals surface area contributed by atoms with Crippen LogP contribution in [0.3, 0.4) is 0 Å². The van der Waals surface area contributed by atoms with Crippen LogP contribution in [0.4, 0.5) is 0 Å². The number of rotatable bonds is 3. The molecule has 0 aromatic carbocycles. The first-order valence-electron chi connectivity index (χ1n) is 3.81. The van der Waals surface area contributed by atoms with E-state index in [0.29, 0.717) is 0 Å². The molecule has 0 saturated carbocycles. The van der Waals surface area contributed by atoms with E-state index >= 15 is 0 Å². The minimum absolute atomic E-state index is 0.0629. The average Bonchev–Trinajstić information content (AvgIpc) is 2.31. The maximum Gasteiger partial charge on any atom is 0.246 e. The van der Waals surface area contributed by atoms with Gasteiger partial charge in [0.05, 0.1) is 6.04 Å². The first kappa shape index (κ1) is 8.27. The molecule has 0 saturated heterocycles. The summed E-state index contributed by atoms with van der Waals surface area (Å²) in [6, 6.07) is 0.203. The molecular weight excluding hydrogens is 142 g/mol. The van der Waals surface area contributed by atoms with Crippen molar-refractivity contribution < 1.29 is 9.90 Å². The molecule has 0 bridgehead atoms. The van der Waals surface area contributed by atoms with Gasteiger partial charge in [-0.15, -0.1) is 0 Å². The molecule has 1 aliphatic heterocycles. The number of likely N-dealkylation sites (N-methyl/N-ethyl adjacent to an activating group) is 1. The number of aliphatic hydroxyl groups is 1. The van der Waals surface area contributed by atoms with E-state index in [9.17, 15) is 4.79 Å². The zero-order chi connectivity index (χ0) is 8.27. The lowest BCUT2D eigenvalue weighted by Crippen LogP contribution is -2.29. The largest absolute Gasteiger partial charge is 0.396 e. The Labute approximate surface area is 66.3 Å². The topological polar surface area (TPSA) is 40.5 Å². The summed E-state index contributed by atoms with van der Waals surface area (Å²) in [4.78, 5) is 12.6. The molecule has 1 aliphatic rings. The summed E-state index contributed by atoms with van der Waals surface area (Å²) in [5, 5.41) is 8.55. The highest BCUT2D eigenvalue weighted by Crippen LogP contribution is 2.12. The van der Waals surface area contributed by atoms with Gasteiger partial charge in [0.1, 0.15) is 0 Å². The van der Waals surface area contributed by atoms with Gasteiger partial charge in [0.25, 0.3) is 0 Å². The normalized spacial score (nSPS) is 23.3. The van der Waals surface area contributed by atoms with Crippen molar-refractivity contribution in [2.24, 2.45) is 0 Å². The number of aliphatic hydroxyl groups excluding tert-OH is 1. The first-order valence-corrected chi connectivity index (χ1v) is 3.81. The fourth-order valence-corrected chi connectivity index (χ4v) is 1.19. The Balaban J connectivity index is 2.36. The Morgan fingerprint density at radius 1 is 1.73 bits per heavy atom. The minimum Gasteiger partial charge on any atom is -0.396 e. The number of carbonyl (C=O) groups excluding carboxylic acids is 1. The van der Waals surface area contributed by atoms with Crippen LogP contribution in [0.15, 0.2) is 12.2 Å². The van der Waals surface area contributed by atoms with Crippen LogP contribution in [0.1, 0.15) is 12.8 Å². The predicted molar refractivity (Wildman–Crippen MR) is 42.0 cm³/mol. The van der Waals surface area contributed by atoms with Crippen LogP contribution >= 0.6 is 0 Å². The smallest absolute Gasteiger partial charge is 0.246 e. The molecule has 0 aliphatic carbocycles. The van der Waals surface area contributed by atoms with Crippen LogP contribution in [0.5, 0.6) is 0 Å². The van der Waals surface area contributed by atoms with E-state index in [1.807, 2.05) is 6.08 Å². The highest BCUT2D eigenvalue weighted by Gasteiger charge is 2.20. The van der Waals surface area contributed by atoms with Crippen LogP contribution in [0.2, 0.25) is 0 Å².